The van der Waals surface area contributed by atoms with E-state index in [0.29, 0.717) is 6.54 Å². The molecule has 0 amide bonds. The topological polar surface area (TPSA) is 57.5 Å². The number of aromatic nitrogens is 2. The van der Waals surface area contributed by atoms with Crippen molar-refractivity contribution in [2.24, 2.45) is 12.0 Å². The molecule has 0 unspecified atom stereocenters. The van der Waals surface area contributed by atoms with E-state index in [2.05, 4.69) is 63.9 Å². The predicted molar refractivity (Wildman–Crippen MR) is 98.7 cm³/mol. The molecule has 2 aromatic rings. The van der Waals surface area contributed by atoms with Crippen LogP contribution >= 0.6 is 0 Å². The average molecular weight is 328 g/mol. The molecule has 0 radical (unpaired) electrons. The lowest BCUT2D eigenvalue weighted by Gasteiger charge is -2.15. The van der Waals surface area contributed by atoms with Crippen LogP contribution in [0.15, 0.2) is 41.5 Å². The fourth-order valence-electron chi connectivity index (χ4n) is 2.42. The molecule has 0 saturated heterocycles. The molecule has 2 rings (SSSR count). The highest BCUT2D eigenvalue weighted by Gasteiger charge is 2.03. The van der Waals surface area contributed by atoms with Gasteiger partial charge in [0.05, 0.1) is 12.2 Å². The maximum atomic E-state index is 4.27. The van der Waals surface area contributed by atoms with Gasteiger partial charge in [-0.2, -0.15) is 5.10 Å². The van der Waals surface area contributed by atoms with Crippen molar-refractivity contribution < 1.29 is 0 Å². The summed E-state index contributed by atoms with van der Waals surface area (Å²) in [5.41, 5.74) is 3.69. The molecule has 6 nitrogen and oxygen atoms in total. The summed E-state index contributed by atoms with van der Waals surface area (Å²) in [5.74, 6) is 0.785. The third-order valence-electron chi connectivity index (χ3n) is 4.03. The number of benzene rings is 1. The molecule has 130 valence electrons. The highest BCUT2D eigenvalue weighted by Crippen LogP contribution is 2.07. The first-order valence-corrected chi connectivity index (χ1v) is 8.30. The Bertz CT molecular complexity index is 661. The van der Waals surface area contributed by atoms with E-state index in [-0.39, 0.29) is 0 Å². The molecule has 2 N–H and O–H groups in total. The fraction of sp³-hybridized carbons (Fsp3) is 0.444. The van der Waals surface area contributed by atoms with Gasteiger partial charge < -0.3 is 15.5 Å². The van der Waals surface area contributed by atoms with Crippen LogP contribution in [-0.4, -0.2) is 41.3 Å². The summed E-state index contributed by atoms with van der Waals surface area (Å²) < 4.78 is 1.86. The number of guanidine groups is 1. The molecular formula is C18H28N6. The summed E-state index contributed by atoms with van der Waals surface area (Å²) in [7, 11) is 5.85. The van der Waals surface area contributed by atoms with Crippen LogP contribution in [0.2, 0.25) is 0 Å². The third-order valence-corrected chi connectivity index (χ3v) is 4.03. The Morgan fingerprint density at radius 3 is 2.62 bits per heavy atom. The van der Waals surface area contributed by atoms with Crippen molar-refractivity contribution in [2.45, 2.75) is 26.6 Å². The van der Waals surface area contributed by atoms with Crippen LogP contribution in [0, 0.1) is 0 Å². The van der Waals surface area contributed by atoms with Gasteiger partial charge in [-0.05, 0) is 30.8 Å². The van der Waals surface area contributed by atoms with Crippen molar-refractivity contribution in [3.8, 4) is 0 Å². The van der Waals surface area contributed by atoms with E-state index in [1.165, 1.54) is 11.1 Å². The second-order valence-corrected chi connectivity index (χ2v) is 5.88. The van der Waals surface area contributed by atoms with Crippen LogP contribution in [-0.2, 0) is 26.7 Å². The van der Waals surface area contributed by atoms with Gasteiger partial charge in [0.15, 0.2) is 5.96 Å². The summed E-state index contributed by atoms with van der Waals surface area (Å²) in [6, 6.07) is 10.7. The van der Waals surface area contributed by atoms with Crippen LogP contribution in [0.1, 0.15) is 23.7 Å². The first-order chi connectivity index (χ1) is 11.6. The van der Waals surface area contributed by atoms with Crippen molar-refractivity contribution in [2.75, 3.05) is 20.6 Å². The van der Waals surface area contributed by atoms with Gasteiger partial charge in [-0.3, -0.25) is 9.67 Å². The molecule has 0 saturated carbocycles. The maximum Gasteiger partial charge on any atom is 0.191 e. The number of aliphatic imine (C=N–C) groups is 1. The van der Waals surface area contributed by atoms with Crippen molar-refractivity contribution in [3.63, 3.8) is 0 Å². The van der Waals surface area contributed by atoms with E-state index in [4.69, 9.17) is 0 Å². The monoisotopic (exact) mass is 328 g/mol. The molecule has 0 atom stereocenters. The Morgan fingerprint density at radius 1 is 1.21 bits per heavy atom. The summed E-state index contributed by atoms with van der Waals surface area (Å²) in [4.78, 5) is 6.57. The zero-order valence-electron chi connectivity index (χ0n) is 15.1. The zero-order chi connectivity index (χ0) is 17.4. The minimum atomic E-state index is 0.692. The first-order valence-electron chi connectivity index (χ1n) is 8.30. The Morgan fingerprint density at radius 2 is 1.96 bits per heavy atom. The summed E-state index contributed by atoms with van der Waals surface area (Å²) >= 11 is 0. The highest BCUT2D eigenvalue weighted by atomic mass is 15.3. The van der Waals surface area contributed by atoms with E-state index in [1.807, 2.05) is 17.8 Å². The van der Waals surface area contributed by atoms with Gasteiger partial charge in [-0.15, -0.1) is 0 Å². The molecule has 1 aromatic heterocycles. The van der Waals surface area contributed by atoms with Crippen molar-refractivity contribution >= 4 is 5.96 Å². The molecule has 0 fully saturated rings. The summed E-state index contributed by atoms with van der Waals surface area (Å²) in [6.07, 6.45) is 1.80. The van der Waals surface area contributed by atoms with Crippen LogP contribution in [0.25, 0.3) is 0 Å². The minimum absolute atomic E-state index is 0.692. The maximum absolute atomic E-state index is 4.27. The molecule has 0 aliphatic rings. The normalized spacial score (nSPS) is 11.8. The lowest BCUT2D eigenvalue weighted by Crippen LogP contribution is -2.36. The Kier molecular flexibility index (Phi) is 6.81. The molecule has 0 spiro atoms. The molecule has 24 heavy (non-hydrogen) atoms. The number of hydrogen-bond acceptors (Lipinski definition) is 3. The van der Waals surface area contributed by atoms with E-state index in [9.17, 15) is 0 Å². The molecule has 0 aliphatic carbocycles. The van der Waals surface area contributed by atoms with E-state index < -0.39 is 0 Å². The van der Waals surface area contributed by atoms with Crippen LogP contribution in [0.5, 0.6) is 0 Å². The van der Waals surface area contributed by atoms with Gasteiger partial charge in [-0.1, -0.05) is 31.2 Å². The van der Waals surface area contributed by atoms with Crippen LogP contribution in [0.4, 0.5) is 0 Å². The Balaban J connectivity index is 1.86. The van der Waals surface area contributed by atoms with Gasteiger partial charge in [-0.25, -0.2) is 0 Å². The number of rotatable bonds is 7. The minimum Gasteiger partial charge on any atom is -0.352 e. The molecule has 1 heterocycles. The Hall–Kier alpha value is -2.34. The molecule has 1 aromatic carbocycles. The number of aryl methyl sites for hydroxylation is 1. The van der Waals surface area contributed by atoms with Crippen LogP contribution in [0.3, 0.4) is 0 Å². The molecule has 0 aliphatic heterocycles. The van der Waals surface area contributed by atoms with Gasteiger partial charge in [0.25, 0.3) is 0 Å². The predicted octanol–water partition coefficient (Wildman–Crippen LogP) is 1.74. The SMILES string of the molecule is CCN(C)Cc1cccc(CNC(=NC)NCc2ccnn2C)c1. The van der Waals surface area contributed by atoms with Gasteiger partial charge in [0.1, 0.15) is 0 Å². The smallest absolute Gasteiger partial charge is 0.191 e. The summed E-state index contributed by atoms with van der Waals surface area (Å²) in [5, 5.41) is 10.8. The lowest BCUT2D eigenvalue weighted by atomic mass is 10.1. The standard InChI is InChI=1S/C18H28N6/c1-5-23(3)14-16-8-6-7-15(11-16)12-20-18(19-2)21-13-17-9-10-22-24(17)4/h6-11H,5,12-14H2,1-4H3,(H2,19,20,21). The number of nitrogens with one attached hydrogen (secondary N) is 2. The largest absolute Gasteiger partial charge is 0.352 e. The highest BCUT2D eigenvalue weighted by molar-refractivity contribution is 5.79. The van der Waals surface area contributed by atoms with E-state index in [0.717, 1.165) is 31.3 Å². The Labute approximate surface area is 144 Å². The second kappa shape index (κ2) is 9.08. The number of hydrogen-bond donors (Lipinski definition) is 2. The van der Waals surface area contributed by atoms with Gasteiger partial charge in [0, 0.05) is 33.4 Å². The second-order valence-electron chi connectivity index (χ2n) is 5.88. The van der Waals surface area contributed by atoms with Gasteiger partial charge in [0.2, 0.25) is 0 Å². The van der Waals surface area contributed by atoms with E-state index >= 15 is 0 Å². The summed E-state index contributed by atoms with van der Waals surface area (Å²) in [6.45, 7) is 5.63. The molecule has 0 bridgehead atoms. The van der Waals surface area contributed by atoms with Crippen molar-refractivity contribution in [3.05, 3.63) is 53.3 Å². The number of nitrogens with zero attached hydrogens (tertiary/aromatic N) is 4. The molecule has 6 heteroatoms. The average Bonchev–Trinajstić information content (AvgIpc) is 3.00. The van der Waals surface area contributed by atoms with Crippen molar-refractivity contribution in [1.29, 1.82) is 0 Å². The third kappa shape index (κ3) is 5.38. The molecular weight excluding hydrogens is 300 g/mol. The van der Waals surface area contributed by atoms with E-state index in [1.54, 1.807) is 13.2 Å². The quantitative estimate of drug-likeness (QED) is 0.600. The first kappa shape index (κ1) is 18.0. The zero-order valence-corrected chi connectivity index (χ0v) is 15.1. The van der Waals surface area contributed by atoms with Crippen molar-refractivity contribution in [1.82, 2.24) is 25.3 Å². The van der Waals surface area contributed by atoms with Gasteiger partial charge >= 0.3 is 0 Å². The fourth-order valence-corrected chi connectivity index (χ4v) is 2.42. The van der Waals surface area contributed by atoms with Crippen LogP contribution < -0.4 is 10.6 Å². The lowest BCUT2D eigenvalue weighted by molar-refractivity contribution is 0.345.